The standard InChI is InChI=1S/C23H24ClN3O3S/c1-15-10-12-23(13-11-15)21(29)27(22(30)26-23)14-20(28)25-18-4-2-3-5-19(18)31-17-8-6-16(24)7-9-17/h2-9,15H,10-14H2,1H3,(H,25,28)(H,26,30). The van der Waals surface area contributed by atoms with Crippen LogP contribution in [0.3, 0.4) is 0 Å². The second-order valence-electron chi connectivity index (χ2n) is 8.19. The molecule has 0 radical (unpaired) electrons. The van der Waals surface area contributed by atoms with Crippen LogP contribution >= 0.6 is 23.4 Å². The van der Waals surface area contributed by atoms with E-state index in [9.17, 15) is 14.4 Å². The van der Waals surface area contributed by atoms with Gasteiger partial charge in [0.15, 0.2) is 0 Å². The van der Waals surface area contributed by atoms with Crippen LogP contribution in [-0.2, 0) is 9.59 Å². The van der Waals surface area contributed by atoms with Gasteiger partial charge >= 0.3 is 6.03 Å². The van der Waals surface area contributed by atoms with Crippen molar-refractivity contribution in [1.29, 1.82) is 0 Å². The monoisotopic (exact) mass is 457 g/mol. The van der Waals surface area contributed by atoms with Gasteiger partial charge in [0.25, 0.3) is 5.91 Å². The van der Waals surface area contributed by atoms with Crippen LogP contribution in [0.4, 0.5) is 10.5 Å². The van der Waals surface area contributed by atoms with Gasteiger partial charge in [0.2, 0.25) is 5.91 Å². The van der Waals surface area contributed by atoms with Crippen molar-refractivity contribution >= 4 is 46.9 Å². The molecule has 8 heteroatoms. The number of amides is 4. The Bertz CT molecular complexity index is 1000. The maximum atomic E-state index is 13.0. The molecule has 1 aliphatic carbocycles. The zero-order valence-corrected chi connectivity index (χ0v) is 18.8. The van der Waals surface area contributed by atoms with Gasteiger partial charge in [0.1, 0.15) is 12.1 Å². The minimum absolute atomic E-state index is 0.289. The molecule has 2 aliphatic rings. The largest absolute Gasteiger partial charge is 0.325 e. The molecular weight excluding hydrogens is 434 g/mol. The Labute approximate surface area is 190 Å². The second-order valence-corrected chi connectivity index (χ2v) is 9.74. The lowest BCUT2D eigenvalue weighted by Gasteiger charge is -2.33. The molecule has 0 bridgehead atoms. The molecule has 4 rings (SSSR count). The third-order valence-corrected chi connectivity index (χ3v) is 7.21. The van der Waals surface area contributed by atoms with Gasteiger partial charge in [-0.1, -0.05) is 42.4 Å². The molecule has 2 fully saturated rings. The molecule has 2 N–H and O–H groups in total. The molecule has 4 amide bonds. The molecule has 1 aliphatic heterocycles. The Hall–Kier alpha value is -2.51. The van der Waals surface area contributed by atoms with Crippen LogP contribution in [0.15, 0.2) is 58.3 Å². The van der Waals surface area contributed by atoms with Gasteiger partial charge in [-0.05, 0) is 68.0 Å². The van der Waals surface area contributed by atoms with E-state index in [0.29, 0.717) is 29.5 Å². The third kappa shape index (κ3) is 4.72. The van der Waals surface area contributed by atoms with Crippen molar-refractivity contribution < 1.29 is 14.4 Å². The van der Waals surface area contributed by atoms with Gasteiger partial charge in [0, 0.05) is 14.8 Å². The summed E-state index contributed by atoms with van der Waals surface area (Å²) in [6, 6.07) is 14.4. The van der Waals surface area contributed by atoms with Crippen LogP contribution in [-0.4, -0.2) is 34.8 Å². The maximum Gasteiger partial charge on any atom is 0.325 e. The molecular formula is C23H24ClN3O3S. The Morgan fingerprint density at radius 2 is 1.84 bits per heavy atom. The summed E-state index contributed by atoms with van der Waals surface area (Å²) in [5, 5.41) is 6.36. The number of imide groups is 1. The summed E-state index contributed by atoms with van der Waals surface area (Å²) in [4.78, 5) is 41.0. The normalized spacial score (nSPS) is 23.2. The predicted octanol–water partition coefficient (Wildman–Crippen LogP) is 4.93. The maximum absolute atomic E-state index is 13.0. The summed E-state index contributed by atoms with van der Waals surface area (Å²) in [6.07, 6.45) is 3.03. The van der Waals surface area contributed by atoms with Crippen molar-refractivity contribution in [3.8, 4) is 0 Å². The molecule has 1 spiro atoms. The first kappa shape index (κ1) is 21.7. The molecule has 0 unspecified atom stereocenters. The number of hydrogen-bond acceptors (Lipinski definition) is 4. The van der Waals surface area contributed by atoms with Crippen molar-refractivity contribution in [1.82, 2.24) is 10.2 Å². The lowest BCUT2D eigenvalue weighted by Crippen LogP contribution is -2.49. The average Bonchev–Trinajstić information content (AvgIpc) is 2.97. The van der Waals surface area contributed by atoms with E-state index in [0.717, 1.165) is 27.5 Å². The molecule has 0 aromatic heterocycles. The fraction of sp³-hybridized carbons (Fsp3) is 0.348. The van der Waals surface area contributed by atoms with Crippen molar-refractivity contribution in [3.63, 3.8) is 0 Å². The van der Waals surface area contributed by atoms with Crippen molar-refractivity contribution in [2.24, 2.45) is 5.92 Å². The number of halogens is 1. The van der Waals surface area contributed by atoms with E-state index in [-0.39, 0.29) is 12.5 Å². The zero-order valence-electron chi connectivity index (χ0n) is 17.2. The highest BCUT2D eigenvalue weighted by Gasteiger charge is 2.52. The van der Waals surface area contributed by atoms with Crippen LogP contribution in [0.5, 0.6) is 0 Å². The molecule has 1 saturated carbocycles. The van der Waals surface area contributed by atoms with E-state index < -0.39 is 17.5 Å². The average molecular weight is 458 g/mol. The molecule has 1 heterocycles. The van der Waals surface area contributed by atoms with E-state index in [1.54, 1.807) is 6.07 Å². The van der Waals surface area contributed by atoms with Crippen molar-refractivity contribution in [2.75, 3.05) is 11.9 Å². The number of rotatable bonds is 5. The minimum Gasteiger partial charge on any atom is -0.323 e. The minimum atomic E-state index is -0.841. The molecule has 1 saturated heterocycles. The third-order valence-electron chi connectivity index (χ3n) is 5.88. The zero-order chi connectivity index (χ0) is 22.0. The van der Waals surface area contributed by atoms with Gasteiger partial charge < -0.3 is 10.6 Å². The first-order chi connectivity index (χ1) is 14.9. The molecule has 162 valence electrons. The van der Waals surface area contributed by atoms with Gasteiger partial charge in [-0.15, -0.1) is 0 Å². The molecule has 0 atom stereocenters. The van der Waals surface area contributed by atoms with Crippen LogP contribution in [0.2, 0.25) is 5.02 Å². The Morgan fingerprint density at radius 3 is 2.55 bits per heavy atom. The van der Waals surface area contributed by atoms with E-state index in [4.69, 9.17) is 11.6 Å². The highest BCUT2D eigenvalue weighted by molar-refractivity contribution is 7.99. The van der Waals surface area contributed by atoms with Gasteiger partial charge in [0.05, 0.1) is 5.69 Å². The Balaban J connectivity index is 1.43. The quantitative estimate of drug-likeness (QED) is 0.624. The number of urea groups is 1. The first-order valence-electron chi connectivity index (χ1n) is 10.3. The second kappa shape index (κ2) is 8.93. The number of nitrogens with zero attached hydrogens (tertiary/aromatic N) is 1. The number of carbonyl (C=O) groups excluding carboxylic acids is 3. The van der Waals surface area contributed by atoms with Crippen molar-refractivity contribution in [3.05, 3.63) is 53.6 Å². The number of benzene rings is 2. The van der Waals surface area contributed by atoms with Gasteiger partial charge in [-0.2, -0.15) is 0 Å². The molecule has 31 heavy (non-hydrogen) atoms. The Kier molecular flexibility index (Phi) is 6.25. The van der Waals surface area contributed by atoms with E-state index in [2.05, 4.69) is 17.6 Å². The smallest absolute Gasteiger partial charge is 0.323 e. The summed E-state index contributed by atoms with van der Waals surface area (Å²) >= 11 is 7.44. The van der Waals surface area contributed by atoms with E-state index in [1.807, 2.05) is 42.5 Å². The summed E-state index contributed by atoms with van der Waals surface area (Å²) in [6.45, 7) is 1.85. The molecule has 6 nitrogen and oxygen atoms in total. The lowest BCUT2D eigenvalue weighted by molar-refractivity contribution is -0.135. The summed E-state index contributed by atoms with van der Waals surface area (Å²) in [5.74, 6) is -0.153. The predicted molar refractivity (Wildman–Crippen MR) is 121 cm³/mol. The van der Waals surface area contributed by atoms with Gasteiger partial charge in [-0.3, -0.25) is 14.5 Å². The SMILES string of the molecule is CC1CCC2(CC1)NC(=O)N(CC(=O)Nc1ccccc1Sc1ccc(Cl)cc1)C2=O. The van der Waals surface area contributed by atoms with E-state index in [1.165, 1.54) is 11.8 Å². The summed E-state index contributed by atoms with van der Waals surface area (Å²) < 4.78 is 0. The number of para-hydroxylation sites is 1. The number of anilines is 1. The van der Waals surface area contributed by atoms with Crippen LogP contribution in [0.1, 0.15) is 32.6 Å². The number of hydrogen-bond donors (Lipinski definition) is 2. The molecule has 2 aromatic rings. The Morgan fingerprint density at radius 1 is 1.16 bits per heavy atom. The fourth-order valence-electron chi connectivity index (χ4n) is 4.04. The van der Waals surface area contributed by atoms with Gasteiger partial charge in [-0.25, -0.2) is 4.79 Å². The number of carbonyl (C=O) groups is 3. The van der Waals surface area contributed by atoms with Crippen LogP contribution in [0.25, 0.3) is 0 Å². The molecule has 2 aromatic carbocycles. The summed E-state index contributed by atoms with van der Waals surface area (Å²) in [7, 11) is 0. The van der Waals surface area contributed by atoms with Crippen molar-refractivity contribution in [2.45, 2.75) is 47.9 Å². The first-order valence-corrected chi connectivity index (χ1v) is 11.5. The fourth-order valence-corrected chi connectivity index (χ4v) is 5.06. The summed E-state index contributed by atoms with van der Waals surface area (Å²) in [5.41, 5.74) is -0.215. The lowest BCUT2D eigenvalue weighted by atomic mass is 9.77. The highest BCUT2D eigenvalue weighted by Crippen LogP contribution is 2.37. The topological polar surface area (TPSA) is 78.5 Å². The van der Waals surface area contributed by atoms with E-state index >= 15 is 0 Å². The van der Waals surface area contributed by atoms with Crippen LogP contribution < -0.4 is 10.6 Å². The van der Waals surface area contributed by atoms with Crippen LogP contribution in [0, 0.1) is 5.92 Å². The number of nitrogens with one attached hydrogen (secondary N) is 2. The highest BCUT2D eigenvalue weighted by atomic mass is 35.5.